The number of carbonyl (C=O) groups is 2. The first-order chi connectivity index (χ1) is 10.5. The van der Waals surface area contributed by atoms with Gasteiger partial charge in [-0.3, -0.25) is 9.59 Å². The molecule has 0 heterocycles. The molecule has 0 aromatic heterocycles. The maximum atomic E-state index is 12.7. The molecule has 2 rings (SSSR count). The summed E-state index contributed by atoms with van der Waals surface area (Å²) >= 11 is 11.6. The molecule has 2 N–H and O–H groups in total. The van der Waals surface area contributed by atoms with Crippen LogP contribution in [0.1, 0.15) is 10.4 Å². The number of hydrogen-bond donors (Lipinski definition) is 2. The molecule has 22 heavy (non-hydrogen) atoms. The zero-order chi connectivity index (χ0) is 16.1. The lowest BCUT2D eigenvalue weighted by Gasteiger charge is -2.07. The Balaban J connectivity index is 1.88. The molecular weight excluding hydrogens is 330 g/mol. The molecule has 2 aromatic rings. The molecule has 0 aliphatic rings. The third-order valence-corrected chi connectivity index (χ3v) is 3.46. The highest BCUT2D eigenvalue weighted by Crippen LogP contribution is 2.22. The van der Waals surface area contributed by atoms with Crippen LogP contribution < -0.4 is 10.6 Å². The zero-order valence-electron chi connectivity index (χ0n) is 11.2. The van der Waals surface area contributed by atoms with Crippen molar-refractivity contribution in [3.8, 4) is 0 Å². The van der Waals surface area contributed by atoms with Crippen LogP contribution in [0.15, 0.2) is 42.5 Å². The van der Waals surface area contributed by atoms with E-state index in [9.17, 15) is 14.0 Å². The molecule has 0 saturated heterocycles. The van der Waals surface area contributed by atoms with Crippen molar-refractivity contribution in [2.45, 2.75) is 0 Å². The third-order valence-electron chi connectivity index (χ3n) is 2.72. The molecule has 0 aliphatic carbocycles. The third kappa shape index (κ3) is 4.44. The molecule has 0 bridgehead atoms. The van der Waals surface area contributed by atoms with Gasteiger partial charge in [-0.1, -0.05) is 23.2 Å². The highest BCUT2D eigenvalue weighted by atomic mass is 35.5. The second-order valence-electron chi connectivity index (χ2n) is 4.37. The number of rotatable bonds is 4. The summed E-state index contributed by atoms with van der Waals surface area (Å²) in [6, 6.07) is 9.71. The Bertz CT molecular complexity index is 705. The van der Waals surface area contributed by atoms with E-state index in [1.807, 2.05) is 0 Å². The van der Waals surface area contributed by atoms with Crippen molar-refractivity contribution in [2.24, 2.45) is 0 Å². The van der Waals surface area contributed by atoms with Gasteiger partial charge in [-0.25, -0.2) is 4.39 Å². The summed E-state index contributed by atoms with van der Waals surface area (Å²) in [5.74, 6) is -1.28. The van der Waals surface area contributed by atoms with Crippen LogP contribution in [0.25, 0.3) is 0 Å². The maximum absolute atomic E-state index is 12.7. The summed E-state index contributed by atoms with van der Waals surface area (Å²) in [6.07, 6.45) is 0. The molecule has 2 aromatic carbocycles. The minimum atomic E-state index is -0.451. The maximum Gasteiger partial charge on any atom is 0.251 e. The van der Waals surface area contributed by atoms with Gasteiger partial charge in [-0.15, -0.1) is 0 Å². The average Bonchev–Trinajstić information content (AvgIpc) is 2.50. The summed E-state index contributed by atoms with van der Waals surface area (Å²) in [5, 5.41) is 5.57. The van der Waals surface area contributed by atoms with Gasteiger partial charge in [-0.2, -0.15) is 0 Å². The largest absolute Gasteiger partial charge is 0.343 e. The van der Waals surface area contributed by atoms with Crippen molar-refractivity contribution in [3.05, 3.63) is 63.9 Å². The molecule has 7 heteroatoms. The fourth-order valence-electron chi connectivity index (χ4n) is 1.64. The Hall–Kier alpha value is -2.11. The van der Waals surface area contributed by atoms with Gasteiger partial charge in [-0.05, 0) is 42.5 Å². The van der Waals surface area contributed by atoms with Crippen molar-refractivity contribution in [1.82, 2.24) is 5.32 Å². The zero-order valence-corrected chi connectivity index (χ0v) is 12.7. The lowest BCUT2D eigenvalue weighted by molar-refractivity contribution is -0.115. The second kappa shape index (κ2) is 7.24. The van der Waals surface area contributed by atoms with Crippen molar-refractivity contribution in [1.29, 1.82) is 0 Å². The minimum Gasteiger partial charge on any atom is -0.343 e. The molecule has 0 atom stereocenters. The van der Waals surface area contributed by atoms with Gasteiger partial charge in [0, 0.05) is 11.3 Å². The number of anilines is 1. The van der Waals surface area contributed by atoms with Crippen LogP contribution in [-0.2, 0) is 4.79 Å². The van der Waals surface area contributed by atoms with E-state index in [0.717, 1.165) is 0 Å². The number of carbonyl (C=O) groups excluding carboxylic acids is 2. The van der Waals surface area contributed by atoms with Crippen molar-refractivity contribution >= 4 is 40.7 Å². The topological polar surface area (TPSA) is 58.2 Å². The van der Waals surface area contributed by atoms with Gasteiger partial charge >= 0.3 is 0 Å². The quantitative estimate of drug-likeness (QED) is 0.894. The van der Waals surface area contributed by atoms with Crippen LogP contribution in [0.4, 0.5) is 10.1 Å². The first-order valence-corrected chi connectivity index (χ1v) is 7.00. The van der Waals surface area contributed by atoms with E-state index in [1.165, 1.54) is 42.5 Å². The van der Waals surface area contributed by atoms with Gasteiger partial charge < -0.3 is 10.6 Å². The summed E-state index contributed by atoms with van der Waals surface area (Å²) in [4.78, 5) is 23.6. The van der Waals surface area contributed by atoms with E-state index in [1.54, 1.807) is 0 Å². The van der Waals surface area contributed by atoms with Gasteiger partial charge in [0.1, 0.15) is 5.82 Å². The van der Waals surface area contributed by atoms with E-state index in [0.29, 0.717) is 16.3 Å². The predicted octanol–water partition coefficient (Wildman–Crippen LogP) is 3.50. The average molecular weight is 341 g/mol. The number of nitrogens with one attached hydrogen (secondary N) is 2. The summed E-state index contributed by atoms with van der Waals surface area (Å²) in [6.45, 7) is -0.226. The molecule has 0 fully saturated rings. The Morgan fingerprint density at radius 3 is 2.32 bits per heavy atom. The van der Waals surface area contributed by atoms with Crippen LogP contribution in [0.3, 0.4) is 0 Å². The van der Waals surface area contributed by atoms with E-state index >= 15 is 0 Å². The fourth-order valence-corrected chi connectivity index (χ4v) is 1.94. The molecular formula is C15H11Cl2FN2O2. The molecule has 0 aliphatic heterocycles. The van der Waals surface area contributed by atoms with Crippen LogP contribution >= 0.6 is 23.2 Å². The number of benzene rings is 2. The van der Waals surface area contributed by atoms with E-state index < -0.39 is 17.6 Å². The predicted molar refractivity (Wildman–Crippen MR) is 83.8 cm³/mol. The van der Waals surface area contributed by atoms with Crippen LogP contribution in [-0.4, -0.2) is 18.4 Å². The lowest BCUT2D eigenvalue weighted by atomic mass is 10.2. The molecule has 114 valence electrons. The second-order valence-corrected chi connectivity index (χ2v) is 5.18. The number of amides is 2. The number of hydrogen-bond acceptors (Lipinski definition) is 2. The fraction of sp³-hybridized carbons (Fsp3) is 0.0667. The van der Waals surface area contributed by atoms with E-state index in [2.05, 4.69) is 10.6 Å². The summed E-state index contributed by atoms with van der Waals surface area (Å²) in [5.41, 5.74) is 0.735. The Morgan fingerprint density at radius 1 is 1.00 bits per heavy atom. The van der Waals surface area contributed by atoms with Gasteiger partial charge in [0.2, 0.25) is 5.91 Å². The number of halogens is 3. The van der Waals surface area contributed by atoms with Gasteiger partial charge in [0.05, 0.1) is 16.6 Å². The smallest absolute Gasteiger partial charge is 0.251 e. The SMILES string of the molecule is O=C(CNC(=O)c1ccc(Cl)c(Cl)c1)Nc1ccc(F)cc1. The first-order valence-electron chi connectivity index (χ1n) is 6.24. The Morgan fingerprint density at radius 2 is 1.68 bits per heavy atom. The molecule has 4 nitrogen and oxygen atoms in total. The molecule has 0 spiro atoms. The van der Waals surface area contributed by atoms with E-state index in [-0.39, 0.29) is 11.6 Å². The normalized spacial score (nSPS) is 10.1. The van der Waals surface area contributed by atoms with Crippen LogP contribution in [0.5, 0.6) is 0 Å². The minimum absolute atomic E-state index is 0.226. The highest BCUT2D eigenvalue weighted by molar-refractivity contribution is 6.42. The summed E-state index contributed by atoms with van der Waals surface area (Å²) in [7, 11) is 0. The first kappa shape index (κ1) is 16.3. The van der Waals surface area contributed by atoms with Gasteiger partial charge in [0.25, 0.3) is 5.91 Å². The van der Waals surface area contributed by atoms with Gasteiger partial charge in [0.15, 0.2) is 0 Å². The summed E-state index contributed by atoms with van der Waals surface area (Å²) < 4.78 is 12.7. The molecule has 0 unspecified atom stereocenters. The highest BCUT2D eigenvalue weighted by Gasteiger charge is 2.10. The Kier molecular flexibility index (Phi) is 5.35. The molecule has 0 radical (unpaired) electrons. The lowest BCUT2D eigenvalue weighted by Crippen LogP contribution is -2.32. The molecule has 2 amide bonds. The van der Waals surface area contributed by atoms with Crippen LogP contribution in [0, 0.1) is 5.82 Å². The standard InChI is InChI=1S/C15H11Cl2FN2O2/c16-12-6-1-9(7-13(12)17)15(22)19-8-14(21)20-11-4-2-10(18)3-5-11/h1-7H,8H2,(H,19,22)(H,20,21). The van der Waals surface area contributed by atoms with E-state index in [4.69, 9.17) is 23.2 Å². The monoisotopic (exact) mass is 340 g/mol. The molecule has 0 saturated carbocycles. The van der Waals surface area contributed by atoms with Crippen LogP contribution in [0.2, 0.25) is 10.0 Å². The Labute approximate surface area is 136 Å². The van der Waals surface area contributed by atoms with Crippen molar-refractivity contribution in [3.63, 3.8) is 0 Å². The van der Waals surface area contributed by atoms with Crippen molar-refractivity contribution in [2.75, 3.05) is 11.9 Å². The van der Waals surface area contributed by atoms with Crippen molar-refractivity contribution < 1.29 is 14.0 Å².